The molecule has 2 aromatic rings. The number of halogens is 2. The fourth-order valence-corrected chi connectivity index (χ4v) is 12.5. The van der Waals surface area contributed by atoms with Crippen LogP contribution < -0.4 is 21.3 Å². The second-order valence-electron chi connectivity index (χ2n) is 21.7. The summed E-state index contributed by atoms with van der Waals surface area (Å²) in [6.45, 7) is 7.04. The molecule has 13 nitrogen and oxygen atoms in total. The molecule has 2 saturated heterocycles. The lowest BCUT2D eigenvalue weighted by molar-refractivity contribution is -0.609. The van der Waals surface area contributed by atoms with Crippen LogP contribution in [0.25, 0.3) is 0 Å². The van der Waals surface area contributed by atoms with Gasteiger partial charge in [-0.05, 0) is 126 Å². The minimum Gasteiger partial charge on any atom is -0.465 e. The highest BCUT2D eigenvalue weighted by molar-refractivity contribution is 9.10. The molecule has 0 bridgehead atoms. The molecule has 2 spiro atoms. The third kappa shape index (κ3) is 16.9. The molecule has 0 aromatic heterocycles. The normalized spacial score (nSPS) is 24.9. The van der Waals surface area contributed by atoms with Crippen molar-refractivity contribution in [3.05, 3.63) is 80.8 Å². The van der Waals surface area contributed by atoms with Crippen LogP contribution in [-0.4, -0.2) is 108 Å². The molecule has 408 valence electrons. The third-order valence-electron chi connectivity index (χ3n) is 16.0. The smallest absolute Gasteiger partial charge is 0.350 e. The van der Waals surface area contributed by atoms with Gasteiger partial charge in [-0.15, -0.1) is 0 Å². The first kappa shape index (κ1) is 57.9. The number of guanidine groups is 1. The number of nitrogens with one attached hydrogen (secondary N) is 4. The lowest BCUT2D eigenvalue weighted by Gasteiger charge is -2.50. The summed E-state index contributed by atoms with van der Waals surface area (Å²) < 4.78 is 24.1. The van der Waals surface area contributed by atoms with Crippen LogP contribution in [0.3, 0.4) is 0 Å². The summed E-state index contributed by atoms with van der Waals surface area (Å²) in [7, 11) is 0. The first-order chi connectivity index (χ1) is 36.0. The van der Waals surface area contributed by atoms with Crippen molar-refractivity contribution < 1.29 is 38.0 Å². The van der Waals surface area contributed by atoms with Crippen LogP contribution in [0.5, 0.6) is 0 Å². The molecule has 0 saturated carbocycles. The maximum absolute atomic E-state index is 14.2. The van der Waals surface area contributed by atoms with Crippen molar-refractivity contribution in [2.24, 2.45) is 5.92 Å². The minimum atomic E-state index is -0.777. The summed E-state index contributed by atoms with van der Waals surface area (Å²) in [6.07, 6.45) is 30.9. The highest BCUT2D eigenvalue weighted by Crippen LogP contribution is 2.46. The van der Waals surface area contributed by atoms with Crippen molar-refractivity contribution in [3.8, 4) is 0 Å². The summed E-state index contributed by atoms with van der Waals surface area (Å²) in [4.78, 5) is 54.7. The van der Waals surface area contributed by atoms with Gasteiger partial charge in [-0.1, -0.05) is 122 Å². The zero-order chi connectivity index (χ0) is 52.2. The minimum absolute atomic E-state index is 0.0476. The van der Waals surface area contributed by atoms with E-state index in [1.54, 1.807) is 24.3 Å². The van der Waals surface area contributed by atoms with Gasteiger partial charge in [-0.2, -0.15) is 0 Å². The van der Waals surface area contributed by atoms with Gasteiger partial charge in [0.15, 0.2) is 11.6 Å². The molecular weight excluding hydrogens is 1060 g/mol. The second kappa shape index (κ2) is 29.7. The van der Waals surface area contributed by atoms with Crippen LogP contribution >= 0.6 is 31.9 Å². The molecule has 0 unspecified atom stereocenters. The average Bonchev–Trinajstić information content (AvgIpc) is 3.70. The molecule has 0 aliphatic carbocycles. The SMILES string of the molecule is CC[C@@H]1C=CCC[C@]2(C[C@H]3CC[C@H]4[C@@H](C(=O)OCCCCCCCCCCCCCCCC(=O)N(CCCCNC(=O)c5ccc(Br)cc5)CCCNC(=O)c5ccc(Br)cc5)[C@@]5(CCC[C@H](C)O5)NC(=[N+]34)N2)O1. The zero-order valence-corrected chi connectivity index (χ0v) is 47.8. The Hall–Kier alpha value is -3.79. The number of rotatable bonds is 29. The number of amides is 3. The molecule has 5 aliphatic rings. The molecule has 5 aliphatic heterocycles. The predicted octanol–water partition coefficient (Wildman–Crippen LogP) is 11.6. The number of allylic oxidation sites excluding steroid dienone is 1. The molecule has 4 N–H and O–H groups in total. The molecule has 74 heavy (non-hydrogen) atoms. The Morgan fingerprint density at radius 2 is 1.31 bits per heavy atom. The van der Waals surface area contributed by atoms with Crippen LogP contribution in [0.4, 0.5) is 0 Å². The van der Waals surface area contributed by atoms with Gasteiger partial charge in [0, 0.05) is 71.9 Å². The van der Waals surface area contributed by atoms with E-state index in [9.17, 15) is 19.2 Å². The molecule has 0 radical (unpaired) electrons. The van der Waals surface area contributed by atoms with Crippen molar-refractivity contribution in [1.29, 1.82) is 0 Å². The Morgan fingerprint density at radius 3 is 1.93 bits per heavy atom. The molecule has 2 fully saturated rings. The summed E-state index contributed by atoms with van der Waals surface area (Å²) >= 11 is 6.83. The van der Waals surface area contributed by atoms with Crippen molar-refractivity contribution in [2.75, 3.05) is 32.8 Å². The number of esters is 1. The second-order valence-corrected chi connectivity index (χ2v) is 23.5. The number of carbonyl (C=O) groups is 4. The Balaban J connectivity index is 0.729. The number of carbonyl (C=O) groups excluding carboxylic acids is 4. The van der Waals surface area contributed by atoms with Crippen LogP contribution in [0.1, 0.15) is 202 Å². The van der Waals surface area contributed by atoms with Gasteiger partial charge in [0.25, 0.3) is 11.8 Å². The monoisotopic (exact) mass is 1150 g/mol. The van der Waals surface area contributed by atoms with Gasteiger partial charge < -0.3 is 29.7 Å². The van der Waals surface area contributed by atoms with Crippen LogP contribution in [0.2, 0.25) is 0 Å². The summed E-state index contributed by atoms with van der Waals surface area (Å²) in [5.74, 6) is 0.453. The van der Waals surface area contributed by atoms with Gasteiger partial charge >= 0.3 is 11.9 Å². The predicted molar refractivity (Wildman–Crippen MR) is 299 cm³/mol. The van der Waals surface area contributed by atoms with E-state index in [-0.39, 0.29) is 47.9 Å². The third-order valence-corrected chi connectivity index (χ3v) is 17.0. The largest absolute Gasteiger partial charge is 0.465 e. The number of nitrogens with zero attached hydrogens (tertiary/aromatic N) is 2. The van der Waals surface area contributed by atoms with Gasteiger partial charge in [-0.25, -0.2) is 10.6 Å². The number of hydrogen-bond acceptors (Lipinski definition) is 9. The van der Waals surface area contributed by atoms with Crippen molar-refractivity contribution in [2.45, 2.75) is 217 Å². The Bertz CT molecular complexity index is 2180. The van der Waals surface area contributed by atoms with Crippen LogP contribution in [0.15, 0.2) is 69.6 Å². The van der Waals surface area contributed by atoms with Crippen LogP contribution in [-0.2, 0) is 23.8 Å². The van der Waals surface area contributed by atoms with Crippen molar-refractivity contribution in [1.82, 2.24) is 26.2 Å². The molecule has 7 rings (SSSR count). The lowest BCUT2D eigenvalue weighted by Crippen LogP contribution is -2.76. The average molecular weight is 1150 g/mol. The van der Waals surface area contributed by atoms with E-state index in [1.807, 2.05) is 29.2 Å². The van der Waals surface area contributed by atoms with Gasteiger partial charge in [0.2, 0.25) is 11.6 Å². The molecule has 2 aromatic carbocycles. The molecule has 7 atom stereocenters. The standard InChI is InChI=1S/C59H86Br2N6O7/c1-3-50-24-16-17-36-58(74-50)43-49-34-35-51-53(59(37-21-23-44(2)73-59)65-57(64-58)67(49)51)56(71)72-42-20-14-12-10-8-6-4-5-7-9-11-13-15-25-52(68)66(41-22-39-63-55(70)46-28-32-48(61)33-29-46)40-19-18-38-62-54(69)45-26-30-47(60)31-27-45/h16,24,26-33,44,49-51,53H,3-15,17-23,25,34-43H2,1-2H3,(H3,62,63,64,65,69,70)/p+1/t44-,49+,50+,51-,53-,58+,59-/m0/s1. The number of hydrogen-bond donors (Lipinski definition) is 4. The van der Waals surface area contributed by atoms with Gasteiger partial charge in [0.1, 0.15) is 0 Å². The molecule has 3 amide bonds. The summed E-state index contributed by atoms with van der Waals surface area (Å²) in [6, 6.07) is 15.0. The summed E-state index contributed by atoms with van der Waals surface area (Å²) in [5, 5.41) is 13.7. The first-order valence-corrected chi connectivity index (χ1v) is 30.3. The first-order valence-electron chi connectivity index (χ1n) is 28.7. The number of ether oxygens (including phenoxy) is 3. The maximum atomic E-state index is 14.2. The topological polar surface area (TPSA) is 150 Å². The number of unbranched alkanes of at least 4 members (excludes halogenated alkanes) is 13. The maximum Gasteiger partial charge on any atom is 0.350 e. The number of benzene rings is 2. The van der Waals surface area contributed by atoms with E-state index in [2.05, 4.69) is 83.7 Å². The van der Waals surface area contributed by atoms with E-state index >= 15 is 0 Å². The van der Waals surface area contributed by atoms with E-state index < -0.39 is 11.4 Å². The Morgan fingerprint density at radius 1 is 0.716 bits per heavy atom. The van der Waals surface area contributed by atoms with Crippen molar-refractivity contribution >= 4 is 61.5 Å². The highest BCUT2D eigenvalue weighted by Gasteiger charge is 2.64. The highest BCUT2D eigenvalue weighted by atomic mass is 79.9. The molecule has 5 heterocycles. The Kier molecular flexibility index (Phi) is 23.2. The fourth-order valence-electron chi connectivity index (χ4n) is 12.0. The quantitative estimate of drug-likeness (QED) is 0.0270. The van der Waals surface area contributed by atoms with E-state index in [0.717, 1.165) is 118 Å². The molecule has 15 heteroatoms. The Labute approximate surface area is 459 Å². The van der Waals surface area contributed by atoms with E-state index in [4.69, 9.17) is 14.2 Å². The van der Waals surface area contributed by atoms with Gasteiger partial charge in [-0.3, -0.25) is 23.8 Å². The van der Waals surface area contributed by atoms with E-state index in [0.29, 0.717) is 62.8 Å². The van der Waals surface area contributed by atoms with Gasteiger partial charge in [0.05, 0.1) is 30.9 Å². The molecular formula is C59H87Br2N6O7+. The summed E-state index contributed by atoms with van der Waals surface area (Å²) in [5.41, 5.74) is 0.0373. The lowest BCUT2D eigenvalue weighted by atomic mass is 9.80. The van der Waals surface area contributed by atoms with Crippen LogP contribution in [0, 0.1) is 5.92 Å². The fraction of sp³-hybridized carbons (Fsp3) is 0.678. The zero-order valence-electron chi connectivity index (χ0n) is 44.6. The van der Waals surface area contributed by atoms with Crippen molar-refractivity contribution in [3.63, 3.8) is 0 Å². The van der Waals surface area contributed by atoms with E-state index in [1.165, 1.54) is 51.4 Å².